The fraction of sp³-hybridized carbons (Fsp3) is 0.800. The van der Waals surface area contributed by atoms with Gasteiger partial charge in [0.25, 0.3) is 0 Å². The molecule has 0 aliphatic heterocycles. The van der Waals surface area contributed by atoms with Crippen molar-refractivity contribution in [1.82, 2.24) is 26.6 Å². The average Bonchev–Trinajstić information content (AvgIpc) is 2.84. The van der Waals surface area contributed by atoms with Gasteiger partial charge in [0, 0.05) is 65.3 Å². The molecule has 0 fully saturated rings. The van der Waals surface area contributed by atoms with Gasteiger partial charge in [0.05, 0.1) is 0 Å². The van der Waals surface area contributed by atoms with E-state index < -0.39 is 0 Å². The third-order valence-corrected chi connectivity index (χ3v) is 5.41. The quantitative estimate of drug-likeness (QED) is 0.110. The van der Waals surface area contributed by atoms with Crippen molar-refractivity contribution in [3.05, 3.63) is 0 Å². The Hall–Kier alpha value is -2.69. The van der Waals surface area contributed by atoms with E-state index in [0.717, 1.165) is 57.8 Å². The van der Waals surface area contributed by atoms with Crippen molar-refractivity contribution >= 4 is 29.5 Å². The molecule has 0 saturated heterocycles. The van der Waals surface area contributed by atoms with Crippen LogP contribution in [0.25, 0.3) is 0 Å². The SMILES string of the molecule is CC(=O)NCCCCCNC(=O)CCC(=O)NCCCCCNC(=O)CCC(=O)NCCCCCN. The predicted octanol–water partition coefficient (Wildman–Crippen LogP) is 0.617. The van der Waals surface area contributed by atoms with Crippen LogP contribution in [0.4, 0.5) is 0 Å². The van der Waals surface area contributed by atoms with Gasteiger partial charge in [0.15, 0.2) is 0 Å². The smallest absolute Gasteiger partial charge is 0.220 e. The molecule has 0 rings (SSSR count). The molecule has 0 atom stereocenters. The zero-order chi connectivity index (χ0) is 26.9. The summed E-state index contributed by atoms with van der Waals surface area (Å²) in [6.07, 6.45) is 8.59. The van der Waals surface area contributed by atoms with Crippen molar-refractivity contribution in [2.75, 3.05) is 39.3 Å². The number of nitrogens with one attached hydrogen (secondary N) is 5. The maximum absolute atomic E-state index is 11.8. The minimum absolute atomic E-state index is 0.0370. The van der Waals surface area contributed by atoms with Crippen molar-refractivity contribution in [3.8, 4) is 0 Å². The summed E-state index contributed by atoms with van der Waals surface area (Å²) in [5.74, 6) is -0.564. The van der Waals surface area contributed by atoms with Crippen LogP contribution in [0.2, 0.25) is 0 Å². The highest BCUT2D eigenvalue weighted by Crippen LogP contribution is 1.97. The Kier molecular flexibility index (Phi) is 22.2. The molecule has 0 aromatic heterocycles. The Balaban J connectivity index is 3.50. The first-order valence-corrected chi connectivity index (χ1v) is 13.4. The van der Waals surface area contributed by atoms with Crippen LogP contribution >= 0.6 is 0 Å². The van der Waals surface area contributed by atoms with E-state index in [2.05, 4.69) is 26.6 Å². The van der Waals surface area contributed by atoms with Gasteiger partial charge in [-0.2, -0.15) is 0 Å². The molecule has 7 N–H and O–H groups in total. The normalized spacial score (nSPS) is 10.4. The van der Waals surface area contributed by atoms with Crippen molar-refractivity contribution in [2.24, 2.45) is 5.73 Å². The van der Waals surface area contributed by atoms with Gasteiger partial charge in [0.1, 0.15) is 0 Å². The highest BCUT2D eigenvalue weighted by atomic mass is 16.2. The molecule has 36 heavy (non-hydrogen) atoms. The van der Waals surface area contributed by atoms with Crippen molar-refractivity contribution < 1.29 is 24.0 Å². The largest absolute Gasteiger partial charge is 0.356 e. The second-order valence-corrected chi connectivity index (χ2v) is 8.85. The summed E-state index contributed by atoms with van der Waals surface area (Å²) in [5.41, 5.74) is 5.42. The van der Waals surface area contributed by atoms with Crippen LogP contribution in [0.5, 0.6) is 0 Å². The predicted molar refractivity (Wildman–Crippen MR) is 140 cm³/mol. The maximum atomic E-state index is 11.8. The Bertz CT molecular complexity index is 644. The molecule has 0 unspecified atom stereocenters. The van der Waals surface area contributed by atoms with E-state index in [-0.39, 0.29) is 55.2 Å². The lowest BCUT2D eigenvalue weighted by molar-refractivity contribution is -0.126. The van der Waals surface area contributed by atoms with E-state index in [0.29, 0.717) is 39.3 Å². The maximum Gasteiger partial charge on any atom is 0.220 e. The lowest BCUT2D eigenvalue weighted by atomic mass is 10.2. The number of hydrogen-bond acceptors (Lipinski definition) is 6. The Morgan fingerprint density at radius 3 is 1.00 bits per heavy atom. The van der Waals surface area contributed by atoms with Gasteiger partial charge in [-0.15, -0.1) is 0 Å². The van der Waals surface area contributed by atoms with Crippen molar-refractivity contribution in [3.63, 3.8) is 0 Å². The highest BCUT2D eigenvalue weighted by Gasteiger charge is 2.07. The molecule has 0 bridgehead atoms. The first-order valence-electron chi connectivity index (χ1n) is 13.4. The number of carbonyl (C=O) groups excluding carboxylic acids is 5. The lowest BCUT2D eigenvalue weighted by Crippen LogP contribution is -2.29. The lowest BCUT2D eigenvalue weighted by Gasteiger charge is -2.08. The first-order chi connectivity index (χ1) is 17.3. The van der Waals surface area contributed by atoms with Gasteiger partial charge in [-0.3, -0.25) is 24.0 Å². The van der Waals surface area contributed by atoms with E-state index in [9.17, 15) is 24.0 Å². The molecule has 11 heteroatoms. The molecule has 0 heterocycles. The third-order valence-electron chi connectivity index (χ3n) is 5.41. The molecule has 0 aliphatic carbocycles. The summed E-state index contributed by atoms with van der Waals surface area (Å²) in [6.45, 7) is 5.06. The molecule has 11 nitrogen and oxygen atoms in total. The number of rotatable bonds is 23. The van der Waals surface area contributed by atoms with E-state index in [1.165, 1.54) is 6.92 Å². The minimum Gasteiger partial charge on any atom is -0.356 e. The number of unbranched alkanes of at least 4 members (excludes halogenated alkanes) is 6. The van der Waals surface area contributed by atoms with Crippen molar-refractivity contribution in [2.45, 2.75) is 90.4 Å². The summed E-state index contributed by atoms with van der Waals surface area (Å²) < 4.78 is 0. The molecule has 0 aliphatic rings. The summed E-state index contributed by atoms with van der Waals surface area (Å²) in [6, 6.07) is 0. The van der Waals surface area contributed by atoms with Gasteiger partial charge in [0.2, 0.25) is 29.5 Å². The summed E-state index contributed by atoms with van der Waals surface area (Å²) in [4.78, 5) is 57.9. The standard InChI is InChI=1S/C25H48N6O5/c1-21(32)27-16-7-3-8-18-29-23(34)13-14-25(36)31-20-10-4-9-19-30-24(35)12-11-22(33)28-17-6-2-5-15-26/h2-20,26H2,1H3,(H,27,32)(H,28,33)(H,29,34)(H,30,35)(H,31,36). The zero-order valence-corrected chi connectivity index (χ0v) is 22.1. The average molecular weight is 513 g/mol. The Morgan fingerprint density at radius 2 is 0.722 bits per heavy atom. The summed E-state index contributed by atoms with van der Waals surface area (Å²) in [5, 5.41) is 13.9. The number of nitrogens with two attached hydrogens (primary N) is 1. The fourth-order valence-electron chi connectivity index (χ4n) is 3.28. The van der Waals surface area contributed by atoms with Crippen LogP contribution < -0.4 is 32.3 Å². The number of hydrogen-bond donors (Lipinski definition) is 6. The molecular formula is C25H48N6O5. The van der Waals surface area contributed by atoms with Crippen LogP contribution in [0, 0.1) is 0 Å². The van der Waals surface area contributed by atoms with Gasteiger partial charge < -0.3 is 32.3 Å². The summed E-state index contributed by atoms with van der Waals surface area (Å²) in [7, 11) is 0. The van der Waals surface area contributed by atoms with Crippen LogP contribution in [-0.2, 0) is 24.0 Å². The summed E-state index contributed by atoms with van der Waals surface area (Å²) >= 11 is 0. The number of amides is 5. The van der Waals surface area contributed by atoms with Crippen LogP contribution in [0.15, 0.2) is 0 Å². The van der Waals surface area contributed by atoms with Crippen LogP contribution in [-0.4, -0.2) is 68.8 Å². The molecule has 208 valence electrons. The monoisotopic (exact) mass is 512 g/mol. The fourth-order valence-corrected chi connectivity index (χ4v) is 3.28. The van der Waals surface area contributed by atoms with Gasteiger partial charge in [-0.05, 0) is 57.9 Å². The second kappa shape index (κ2) is 24.0. The van der Waals surface area contributed by atoms with Gasteiger partial charge in [-0.1, -0.05) is 6.42 Å². The van der Waals surface area contributed by atoms with Crippen LogP contribution in [0.3, 0.4) is 0 Å². The third kappa shape index (κ3) is 24.4. The molecule has 5 amide bonds. The molecule has 0 aromatic rings. The van der Waals surface area contributed by atoms with Gasteiger partial charge >= 0.3 is 0 Å². The Morgan fingerprint density at radius 1 is 0.444 bits per heavy atom. The van der Waals surface area contributed by atoms with Crippen LogP contribution in [0.1, 0.15) is 90.4 Å². The molecule has 0 spiro atoms. The molecule has 0 aromatic carbocycles. The zero-order valence-electron chi connectivity index (χ0n) is 22.1. The van der Waals surface area contributed by atoms with E-state index in [1.807, 2.05) is 0 Å². The van der Waals surface area contributed by atoms with E-state index >= 15 is 0 Å². The van der Waals surface area contributed by atoms with Crippen molar-refractivity contribution in [1.29, 1.82) is 0 Å². The topological polar surface area (TPSA) is 172 Å². The molecular weight excluding hydrogens is 464 g/mol. The van der Waals surface area contributed by atoms with Gasteiger partial charge in [-0.25, -0.2) is 0 Å². The Labute approximate surface area is 215 Å². The first kappa shape index (κ1) is 33.3. The molecule has 0 saturated carbocycles. The minimum atomic E-state index is -0.147. The highest BCUT2D eigenvalue weighted by molar-refractivity contribution is 5.84. The second-order valence-electron chi connectivity index (χ2n) is 8.85. The van der Waals surface area contributed by atoms with E-state index in [4.69, 9.17) is 5.73 Å². The molecule has 0 radical (unpaired) electrons. The van der Waals surface area contributed by atoms with E-state index in [1.54, 1.807) is 0 Å². The number of carbonyl (C=O) groups is 5.